The van der Waals surface area contributed by atoms with E-state index in [9.17, 15) is 9.18 Å². The monoisotopic (exact) mass is 394 g/mol. The number of hydrogen-bond donors (Lipinski definition) is 2. The van der Waals surface area contributed by atoms with E-state index < -0.39 is 5.82 Å². The Bertz CT molecular complexity index is 1050. The molecule has 0 unspecified atom stereocenters. The number of pyridine rings is 1. The van der Waals surface area contributed by atoms with Crippen molar-refractivity contribution in [1.29, 1.82) is 0 Å². The van der Waals surface area contributed by atoms with E-state index >= 15 is 0 Å². The van der Waals surface area contributed by atoms with Gasteiger partial charge in [-0.05, 0) is 51.1 Å². The van der Waals surface area contributed by atoms with Crippen LogP contribution in [0, 0.1) is 12.7 Å². The number of aryl methyl sites for hydroxylation is 1. The highest BCUT2D eigenvalue weighted by atomic mass is 19.1. The summed E-state index contributed by atoms with van der Waals surface area (Å²) in [7, 11) is 0. The van der Waals surface area contributed by atoms with Gasteiger partial charge in [-0.2, -0.15) is 0 Å². The summed E-state index contributed by atoms with van der Waals surface area (Å²) in [5, 5.41) is 0. The first kappa shape index (κ1) is 20.2. The largest absolute Gasteiger partial charge is 0.384 e. The Morgan fingerprint density at radius 1 is 1.07 bits per heavy atom. The molecule has 0 aliphatic rings. The van der Waals surface area contributed by atoms with Crippen LogP contribution in [0.15, 0.2) is 36.5 Å². The summed E-state index contributed by atoms with van der Waals surface area (Å²) in [6.45, 7) is 6.48. The van der Waals surface area contributed by atoms with Crippen LogP contribution in [0.25, 0.3) is 22.4 Å². The fourth-order valence-corrected chi connectivity index (χ4v) is 3.22. The number of nitrogen functional groups attached to an aromatic ring is 2. The molecule has 0 spiro atoms. The molecule has 1 aromatic carbocycles. The number of carbonyl (C=O) groups excluding carboxylic acids is 1. The Kier molecular flexibility index (Phi) is 5.72. The maximum absolute atomic E-state index is 14.5. The summed E-state index contributed by atoms with van der Waals surface area (Å²) in [6.07, 6.45) is 1.62. The van der Waals surface area contributed by atoms with Crippen LogP contribution in [0.1, 0.15) is 29.9 Å². The van der Waals surface area contributed by atoms with Gasteiger partial charge in [0.05, 0.1) is 17.0 Å². The van der Waals surface area contributed by atoms with Crippen LogP contribution in [0.5, 0.6) is 0 Å². The number of anilines is 2. The third-order valence-corrected chi connectivity index (χ3v) is 4.70. The Labute approximate surface area is 168 Å². The van der Waals surface area contributed by atoms with Crippen molar-refractivity contribution in [3.8, 4) is 22.4 Å². The van der Waals surface area contributed by atoms with Gasteiger partial charge in [0.2, 0.25) is 5.95 Å². The lowest BCUT2D eigenvalue weighted by Crippen LogP contribution is -2.31. The minimum atomic E-state index is -0.583. The molecular formula is C21H23FN6O. The van der Waals surface area contributed by atoms with Crippen LogP contribution in [0.2, 0.25) is 0 Å². The molecule has 0 saturated heterocycles. The van der Waals surface area contributed by atoms with E-state index in [-0.39, 0.29) is 17.4 Å². The Morgan fingerprint density at radius 2 is 1.76 bits per heavy atom. The quantitative estimate of drug-likeness (QED) is 0.687. The van der Waals surface area contributed by atoms with Crippen molar-refractivity contribution in [1.82, 2.24) is 19.9 Å². The topological polar surface area (TPSA) is 111 Å². The number of aromatic nitrogens is 3. The van der Waals surface area contributed by atoms with E-state index in [0.717, 1.165) is 5.56 Å². The highest BCUT2D eigenvalue weighted by molar-refractivity contribution is 5.96. The first-order chi connectivity index (χ1) is 13.8. The summed E-state index contributed by atoms with van der Waals surface area (Å²) >= 11 is 0. The first-order valence-electron chi connectivity index (χ1n) is 9.30. The Hall–Kier alpha value is -3.55. The molecule has 8 heteroatoms. The number of nitrogens with two attached hydrogens (primary N) is 2. The molecule has 3 aromatic rings. The number of nitrogens with zero attached hydrogens (tertiary/aromatic N) is 4. The van der Waals surface area contributed by atoms with Crippen molar-refractivity contribution < 1.29 is 9.18 Å². The van der Waals surface area contributed by atoms with E-state index in [1.165, 1.54) is 12.1 Å². The lowest BCUT2D eigenvalue weighted by atomic mass is 9.97. The number of carbonyl (C=O) groups is 1. The summed E-state index contributed by atoms with van der Waals surface area (Å²) in [6, 6.07) is 7.83. The molecule has 2 heterocycles. The third kappa shape index (κ3) is 4.01. The average molecular weight is 394 g/mol. The molecule has 29 heavy (non-hydrogen) atoms. The SMILES string of the molecule is CCN(CC)C(=O)c1cc(-c2nc(N)nc(C)c2-c2ccc(N)nc2)ccc1F. The van der Waals surface area contributed by atoms with Gasteiger partial charge in [0, 0.05) is 36.0 Å². The molecule has 7 nitrogen and oxygen atoms in total. The van der Waals surface area contributed by atoms with E-state index in [1.807, 2.05) is 13.8 Å². The maximum Gasteiger partial charge on any atom is 0.256 e. The van der Waals surface area contributed by atoms with E-state index in [1.54, 1.807) is 36.2 Å². The van der Waals surface area contributed by atoms with Gasteiger partial charge in [0.25, 0.3) is 5.91 Å². The van der Waals surface area contributed by atoms with Gasteiger partial charge >= 0.3 is 0 Å². The number of hydrogen-bond acceptors (Lipinski definition) is 6. The number of benzene rings is 1. The molecule has 0 bridgehead atoms. The third-order valence-electron chi connectivity index (χ3n) is 4.70. The van der Waals surface area contributed by atoms with Crippen molar-refractivity contribution in [2.45, 2.75) is 20.8 Å². The lowest BCUT2D eigenvalue weighted by Gasteiger charge is -2.19. The molecule has 2 aromatic heterocycles. The van der Waals surface area contributed by atoms with E-state index in [4.69, 9.17) is 11.5 Å². The van der Waals surface area contributed by atoms with Crippen LogP contribution in [-0.4, -0.2) is 38.8 Å². The van der Waals surface area contributed by atoms with Crippen molar-refractivity contribution in [2.75, 3.05) is 24.6 Å². The summed E-state index contributed by atoms with van der Waals surface area (Å²) in [5.74, 6) is -0.479. The highest BCUT2D eigenvalue weighted by Crippen LogP contribution is 2.34. The second-order valence-electron chi connectivity index (χ2n) is 6.53. The second kappa shape index (κ2) is 8.22. The molecule has 4 N–H and O–H groups in total. The fourth-order valence-electron chi connectivity index (χ4n) is 3.22. The molecule has 0 aliphatic carbocycles. The molecule has 0 atom stereocenters. The minimum absolute atomic E-state index is 0.0117. The zero-order chi connectivity index (χ0) is 21.1. The number of amides is 1. The van der Waals surface area contributed by atoms with Gasteiger partial charge in [-0.1, -0.05) is 0 Å². The molecule has 0 saturated carbocycles. The lowest BCUT2D eigenvalue weighted by molar-refractivity contribution is 0.0768. The van der Waals surface area contributed by atoms with Crippen molar-refractivity contribution >= 4 is 17.7 Å². The minimum Gasteiger partial charge on any atom is -0.384 e. The van der Waals surface area contributed by atoms with Gasteiger partial charge in [-0.3, -0.25) is 4.79 Å². The molecule has 0 aliphatic heterocycles. The van der Waals surface area contributed by atoms with E-state index in [0.29, 0.717) is 41.4 Å². The van der Waals surface area contributed by atoms with Gasteiger partial charge in [0.1, 0.15) is 11.6 Å². The summed E-state index contributed by atoms with van der Waals surface area (Å²) in [4.78, 5) is 27.1. The van der Waals surface area contributed by atoms with Gasteiger partial charge in [-0.15, -0.1) is 0 Å². The average Bonchev–Trinajstić information content (AvgIpc) is 2.69. The number of rotatable bonds is 5. The van der Waals surface area contributed by atoms with Crippen LogP contribution in [-0.2, 0) is 0 Å². The Balaban J connectivity index is 2.20. The normalized spacial score (nSPS) is 10.8. The molecule has 0 fully saturated rings. The highest BCUT2D eigenvalue weighted by Gasteiger charge is 2.21. The predicted molar refractivity (Wildman–Crippen MR) is 111 cm³/mol. The second-order valence-corrected chi connectivity index (χ2v) is 6.53. The molecule has 0 radical (unpaired) electrons. The standard InChI is InChI=1S/C21H23FN6O/c1-4-28(5-2)20(29)15-10-13(6-8-16(15)22)19-18(12(3)26-21(24)27-19)14-7-9-17(23)25-11-14/h6-11H,4-5H2,1-3H3,(H2,23,25)(H2,24,26,27). The zero-order valence-corrected chi connectivity index (χ0v) is 16.6. The first-order valence-corrected chi connectivity index (χ1v) is 9.30. The van der Waals surface area contributed by atoms with Gasteiger partial charge < -0.3 is 16.4 Å². The molecule has 3 rings (SSSR count). The van der Waals surface area contributed by atoms with Crippen LogP contribution < -0.4 is 11.5 Å². The molecule has 1 amide bonds. The van der Waals surface area contributed by atoms with Crippen LogP contribution in [0.4, 0.5) is 16.2 Å². The molecule has 150 valence electrons. The number of halogens is 1. The van der Waals surface area contributed by atoms with Crippen molar-refractivity contribution in [3.63, 3.8) is 0 Å². The molecular weight excluding hydrogens is 371 g/mol. The van der Waals surface area contributed by atoms with Crippen LogP contribution in [0.3, 0.4) is 0 Å². The predicted octanol–water partition coefficient (Wildman–Crippen LogP) is 3.30. The van der Waals surface area contributed by atoms with Crippen molar-refractivity contribution in [3.05, 3.63) is 53.6 Å². The maximum atomic E-state index is 14.5. The van der Waals surface area contributed by atoms with Gasteiger partial charge in [0.15, 0.2) is 0 Å². The van der Waals surface area contributed by atoms with E-state index in [2.05, 4.69) is 15.0 Å². The van der Waals surface area contributed by atoms with Crippen molar-refractivity contribution in [2.24, 2.45) is 0 Å². The fraction of sp³-hybridized carbons (Fsp3) is 0.238. The zero-order valence-electron chi connectivity index (χ0n) is 16.6. The van der Waals surface area contributed by atoms with Crippen LogP contribution >= 0.6 is 0 Å². The smallest absolute Gasteiger partial charge is 0.256 e. The summed E-state index contributed by atoms with van der Waals surface area (Å²) < 4.78 is 14.5. The summed E-state index contributed by atoms with van der Waals surface area (Å²) in [5.41, 5.74) is 14.7. The van der Waals surface area contributed by atoms with Gasteiger partial charge in [-0.25, -0.2) is 19.3 Å². The Morgan fingerprint density at radius 3 is 2.38 bits per heavy atom.